The molecule has 5 nitrogen and oxygen atoms in total. The number of carbonyl (C=O) groups excluding carboxylic acids is 2. The summed E-state index contributed by atoms with van der Waals surface area (Å²) in [6.07, 6.45) is 1.87. The Balaban J connectivity index is 1.71. The molecule has 3 rings (SSSR count). The molecular formula is C20H19N3O2S. The van der Waals surface area contributed by atoms with Gasteiger partial charge in [-0.25, -0.2) is 0 Å². The first kappa shape index (κ1) is 17.8. The Hall–Kier alpha value is -2.99. The Morgan fingerprint density at radius 1 is 1.15 bits per heavy atom. The highest BCUT2D eigenvalue weighted by Gasteiger charge is 2.19. The molecule has 26 heavy (non-hydrogen) atoms. The van der Waals surface area contributed by atoms with Crippen LogP contribution in [0, 0.1) is 6.92 Å². The monoisotopic (exact) mass is 365 g/mol. The maximum Gasteiger partial charge on any atom is 0.253 e. The van der Waals surface area contributed by atoms with Crippen LogP contribution >= 0.6 is 11.3 Å². The first-order valence-electron chi connectivity index (χ1n) is 8.19. The molecule has 0 unspecified atom stereocenters. The Labute approximate surface area is 155 Å². The van der Waals surface area contributed by atoms with Gasteiger partial charge >= 0.3 is 0 Å². The number of aromatic nitrogens is 1. The highest BCUT2D eigenvalue weighted by Crippen LogP contribution is 2.27. The van der Waals surface area contributed by atoms with E-state index in [-0.39, 0.29) is 5.91 Å². The predicted octanol–water partition coefficient (Wildman–Crippen LogP) is 2.94. The molecule has 2 aromatic heterocycles. The molecule has 3 N–H and O–H groups in total. The summed E-state index contributed by atoms with van der Waals surface area (Å²) in [6.45, 7) is 2.02. The minimum absolute atomic E-state index is 0.349. The summed E-state index contributed by atoms with van der Waals surface area (Å²) in [5, 5.41) is 4.70. The molecule has 2 amide bonds. The second-order valence-corrected chi connectivity index (χ2v) is 6.90. The third-order valence-corrected chi connectivity index (χ3v) is 5.09. The fourth-order valence-electron chi connectivity index (χ4n) is 2.61. The Morgan fingerprint density at radius 3 is 2.50 bits per heavy atom. The summed E-state index contributed by atoms with van der Waals surface area (Å²) in [7, 11) is 0. The molecule has 0 fully saturated rings. The van der Waals surface area contributed by atoms with Crippen molar-refractivity contribution in [3.63, 3.8) is 0 Å². The van der Waals surface area contributed by atoms with Crippen LogP contribution in [-0.4, -0.2) is 22.8 Å². The minimum Gasteiger partial charge on any atom is -0.368 e. The van der Waals surface area contributed by atoms with Crippen molar-refractivity contribution in [2.45, 2.75) is 19.4 Å². The topological polar surface area (TPSA) is 85.1 Å². The zero-order valence-electron chi connectivity index (χ0n) is 14.3. The molecule has 3 aromatic rings. The summed E-state index contributed by atoms with van der Waals surface area (Å²) in [5.41, 5.74) is 8.74. The standard InChI is InChI=1S/C20H19N3O2S/c1-13-9-10-26-18(13)16-8-7-15(12-22-16)20(25)23-17(19(21)24)11-14-5-3-2-4-6-14/h2-10,12,17H,11H2,1H3,(H2,21,24)(H,23,25)/t17-/m0/s1. The molecule has 6 heteroatoms. The molecule has 0 spiro atoms. The number of nitrogens with two attached hydrogens (primary N) is 1. The normalized spacial score (nSPS) is 11.7. The fourth-order valence-corrected chi connectivity index (χ4v) is 3.52. The van der Waals surface area contributed by atoms with Crippen LogP contribution in [0.15, 0.2) is 60.1 Å². The van der Waals surface area contributed by atoms with Crippen LogP contribution in [0.3, 0.4) is 0 Å². The smallest absolute Gasteiger partial charge is 0.253 e. The number of amides is 2. The number of pyridine rings is 1. The third kappa shape index (κ3) is 4.15. The van der Waals surface area contributed by atoms with Gasteiger partial charge in [0.15, 0.2) is 0 Å². The molecule has 2 heterocycles. The van der Waals surface area contributed by atoms with E-state index in [1.807, 2.05) is 54.8 Å². The highest BCUT2D eigenvalue weighted by atomic mass is 32.1. The SMILES string of the molecule is Cc1ccsc1-c1ccc(C(=O)N[C@@H](Cc2ccccc2)C(N)=O)cn1. The van der Waals surface area contributed by atoms with Crippen molar-refractivity contribution in [1.29, 1.82) is 0 Å². The zero-order valence-corrected chi connectivity index (χ0v) is 15.1. The van der Waals surface area contributed by atoms with Gasteiger partial charge in [0.2, 0.25) is 5.91 Å². The number of nitrogens with one attached hydrogen (secondary N) is 1. The number of benzene rings is 1. The molecule has 132 valence electrons. The first-order chi connectivity index (χ1) is 12.5. The number of nitrogens with zero attached hydrogens (tertiary/aromatic N) is 1. The Bertz CT molecular complexity index is 904. The molecular weight excluding hydrogens is 346 g/mol. The van der Waals surface area contributed by atoms with E-state index in [0.29, 0.717) is 12.0 Å². The van der Waals surface area contributed by atoms with Gasteiger partial charge < -0.3 is 11.1 Å². The van der Waals surface area contributed by atoms with Crippen molar-refractivity contribution < 1.29 is 9.59 Å². The van der Waals surface area contributed by atoms with Gasteiger partial charge in [0.1, 0.15) is 6.04 Å². The fraction of sp³-hybridized carbons (Fsp3) is 0.150. The van der Waals surface area contributed by atoms with Crippen molar-refractivity contribution in [3.8, 4) is 10.6 Å². The summed E-state index contributed by atoms with van der Waals surface area (Å²) in [4.78, 5) is 29.6. The molecule has 0 bridgehead atoms. The number of primary amides is 1. The Morgan fingerprint density at radius 2 is 1.92 bits per heavy atom. The van der Waals surface area contributed by atoms with E-state index < -0.39 is 11.9 Å². The number of aryl methyl sites for hydroxylation is 1. The van der Waals surface area contributed by atoms with Crippen LogP contribution in [0.1, 0.15) is 21.5 Å². The molecule has 0 saturated heterocycles. The van der Waals surface area contributed by atoms with E-state index in [0.717, 1.165) is 21.7 Å². The lowest BCUT2D eigenvalue weighted by molar-refractivity contribution is -0.119. The number of carbonyl (C=O) groups is 2. The van der Waals surface area contributed by atoms with Gasteiger partial charge in [-0.15, -0.1) is 11.3 Å². The van der Waals surface area contributed by atoms with Gasteiger partial charge in [-0.3, -0.25) is 14.6 Å². The van der Waals surface area contributed by atoms with Gasteiger partial charge in [0, 0.05) is 12.6 Å². The minimum atomic E-state index is -0.774. The predicted molar refractivity (Wildman–Crippen MR) is 103 cm³/mol. The Kier molecular flexibility index (Phi) is 5.43. The summed E-state index contributed by atoms with van der Waals surface area (Å²) in [6, 6.07) is 14.2. The van der Waals surface area contributed by atoms with E-state index in [1.165, 1.54) is 6.20 Å². The van der Waals surface area contributed by atoms with Crippen molar-refractivity contribution in [2.24, 2.45) is 5.73 Å². The maximum atomic E-state index is 12.5. The van der Waals surface area contributed by atoms with Crippen LogP contribution in [0.2, 0.25) is 0 Å². The molecule has 0 aliphatic heterocycles. The van der Waals surface area contributed by atoms with Gasteiger partial charge in [0.25, 0.3) is 5.91 Å². The molecule has 0 aliphatic rings. The molecule has 1 atom stereocenters. The quantitative estimate of drug-likeness (QED) is 0.704. The van der Waals surface area contributed by atoms with Gasteiger partial charge in [-0.1, -0.05) is 30.3 Å². The van der Waals surface area contributed by atoms with Gasteiger partial charge in [-0.05, 0) is 41.6 Å². The lowest BCUT2D eigenvalue weighted by Gasteiger charge is -2.15. The number of rotatable bonds is 6. The maximum absolute atomic E-state index is 12.5. The molecule has 0 radical (unpaired) electrons. The van der Waals surface area contributed by atoms with Crippen molar-refractivity contribution in [3.05, 3.63) is 76.8 Å². The highest BCUT2D eigenvalue weighted by molar-refractivity contribution is 7.13. The zero-order chi connectivity index (χ0) is 18.5. The number of thiophene rings is 1. The summed E-state index contributed by atoms with van der Waals surface area (Å²) < 4.78 is 0. The van der Waals surface area contributed by atoms with Crippen molar-refractivity contribution >= 4 is 23.2 Å². The lowest BCUT2D eigenvalue weighted by atomic mass is 10.1. The molecule has 0 aliphatic carbocycles. The number of hydrogen-bond donors (Lipinski definition) is 2. The second-order valence-electron chi connectivity index (χ2n) is 5.98. The van der Waals surface area contributed by atoms with Crippen molar-refractivity contribution in [2.75, 3.05) is 0 Å². The van der Waals surface area contributed by atoms with E-state index in [2.05, 4.69) is 10.3 Å². The summed E-state index contributed by atoms with van der Waals surface area (Å²) in [5.74, 6) is -0.937. The average molecular weight is 365 g/mol. The van der Waals surface area contributed by atoms with E-state index >= 15 is 0 Å². The van der Waals surface area contributed by atoms with Gasteiger partial charge in [-0.2, -0.15) is 0 Å². The average Bonchev–Trinajstić information content (AvgIpc) is 3.08. The first-order valence-corrected chi connectivity index (χ1v) is 9.07. The van der Waals surface area contributed by atoms with E-state index in [1.54, 1.807) is 17.4 Å². The van der Waals surface area contributed by atoms with Crippen LogP contribution < -0.4 is 11.1 Å². The van der Waals surface area contributed by atoms with E-state index in [4.69, 9.17) is 5.73 Å². The molecule has 0 saturated carbocycles. The van der Waals surface area contributed by atoms with Crippen LogP contribution in [-0.2, 0) is 11.2 Å². The number of hydrogen-bond acceptors (Lipinski definition) is 4. The van der Waals surface area contributed by atoms with Crippen molar-refractivity contribution in [1.82, 2.24) is 10.3 Å². The van der Waals surface area contributed by atoms with E-state index in [9.17, 15) is 9.59 Å². The lowest BCUT2D eigenvalue weighted by Crippen LogP contribution is -2.45. The third-order valence-electron chi connectivity index (χ3n) is 4.05. The largest absolute Gasteiger partial charge is 0.368 e. The van der Waals surface area contributed by atoms with Crippen LogP contribution in [0.5, 0.6) is 0 Å². The van der Waals surface area contributed by atoms with Crippen LogP contribution in [0.25, 0.3) is 10.6 Å². The second kappa shape index (κ2) is 7.93. The van der Waals surface area contributed by atoms with Gasteiger partial charge in [0.05, 0.1) is 16.1 Å². The molecule has 1 aromatic carbocycles. The summed E-state index contributed by atoms with van der Waals surface area (Å²) >= 11 is 1.61. The van der Waals surface area contributed by atoms with Crippen LogP contribution in [0.4, 0.5) is 0 Å².